The summed E-state index contributed by atoms with van der Waals surface area (Å²) >= 11 is 0. The van der Waals surface area contributed by atoms with Gasteiger partial charge in [-0.05, 0) is 45.2 Å². The Balaban J connectivity index is 2.29. The second-order valence-electron chi connectivity index (χ2n) is 4.98. The molecule has 0 aromatic rings. The molecule has 1 aliphatic rings. The first-order chi connectivity index (χ1) is 7.15. The van der Waals surface area contributed by atoms with Crippen LogP contribution in [0.1, 0.15) is 26.7 Å². The highest BCUT2D eigenvalue weighted by Crippen LogP contribution is 2.17. The Morgan fingerprint density at radius 3 is 2.73 bits per heavy atom. The lowest BCUT2D eigenvalue weighted by atomic mass is 9.98. The van der Waals surface area contributed by atoms with Gasteiger partial charge in [-0.1, -0.05) is 6.92 Å². The second-order valence-corrected chi connectivity index (χ2v) is 4.98. The molecule has 0 bridgehead atoms. The van der Waals surface area contributed by atoms with Crippen LogP contribution in [0.15, 0.2) is 0 Å². The van der Waals surface area contributed by atoms with Crippen molar-refractivity contribution in [3.05, 3.63) is 0 Å². The number of ether oxygens (including phenoxy) is 1. The Kier molecular flexibility index (Phi) is 5.58. The predicted molar refractivity (Wildman–Crippen MR) is 63.9 cm³/mol. The predicted octanol–water partition coefficient (Wildman–Crippen LogP) is 1.33. The number of nitrogens with zero attached hydrogens (tertiary/aromatic N) is 1. The number of hydrogen-bond donors (Lipinski definition) is 1. The number of rotatable bonds is 5. The van der Waals surface area contributed by atoms with Crippen LogP contribution in [-0.4, -0.2) is 44.3 Å². The van der Waals surface area contributed by atoms with Gasteiger partial charge < -0.3 is 15.4 Å². The quantitative estimate of drug-likeness (QED) is 0.750. The summed E-state index contributed by atoms with van der Waals surface area (Å²) in [7, 11) is 2.20. The molecular weight excluding hydrogens is 188 g/mol. The maximum atomic E-state index is 5.69. The van der Waals surface area contributed by atoms with Gasteiger partial charge in [0.1, 0.15) is 0 Å². The summed E-state index contributed by atoms with van der Waals surface area (Å²) < 4.78 is 5.50. The minimum absolute atomic E-state index is 0.567. The molecule has 3 heteroatoms. The van der Waals surface area contributed by atoms with E-state index in [4.69, 9.17) is 10.5 Å². The Labute approximate surface area is 94.0 Å². The van der Waals surface area contributed by atoms with Gasteiger partial charge in [-0.15, -0.1) is 0 Å². The summed E-state index contributed by atoms with van der Waals surface area (Å²) in [6.07, 6.45) is 2.54. The number of nitrogens with two attached hydrogens (primary N) is 1. The van der Waals surface area contributed by atoms with Gasteiger partial charge >= 0.3 is 0 Å². The minimum atomic E-state index is 0.567. The molecule has 1 rings (SSSR count). The third kappa shape index (κ3) is 4.09. The van der Waals surface area contributed by atoms with Crippen LogP contribution in [0, 0.1) is 11.8 Å². The van der Waals surface area contributed by atoms with E-state index < -0.39 is 0 Å². The van der Waals surface area contributed by atoms with E-state index in [2.05, 4.69) is 25.8 Å². The molecule has 15 heavy (non-hydrogen) atoms. The first-order valence-corrected chi connectivity index (χ1v) is 6.13. The van der Waals surface area contributed by atoms with Crippen LogP contribution in [0.25, 0.3) is 0 Å². The molecule has 3 nitrogen and oxygen atoms in total. The molecule has 1 saturated heterocycles. The Morgan fingerprint density at radius 1 is 1.47 bits per heavy atom. The third-order valence-corrected chi connectivity index (χ3v) is 3.69. The average molecular weight is 214 g/mol. The third-order valence-electron chi connectivity index (χ3n) is 3.69. The highest BCUT2D eigenvalue weighted by atomic mass is 16.5. The fourth-order valence-electron chi connectivity index (χ4n) is 2.16. The van der Waals surface area contributed by atoms with Gasteiger partial charge in [0.05, 0.1) is 6.61 Å². The number of hydrogen-bond acceptors (Lipinski definition) is 3. The molecule has 1 fully saturated rings. The first kappa shape index (κ1) is 12.9. The minimum Gasteiger partial charge on any atom is -0.381 e. The van der Waals surface area contributed by atoms with Gasteiger partial charge in [-0.2, -0.15) is 0 Å². The standard InChI is InChI=1S/C12H26N2O/c1-10(7-13)11(2)14(3)8-12-5-4-6-15-9-12/h10-12H,4-9,13H2,1-3H3. The average Bonchev–Trinajstić information content (AvgIpc) is 2.28. The highest BCUT2D eigenvalue weighted by Gasteiger charge is 2.21. The van der Waals surface area contributed by atoms with E-state index in [-0.39, 0.29) is 0 Å². The van der Waals surface area contributed by atoms with Gasteiger partial charge in [-0.25, -0.2) is 0 Å². The van der Waals surface area contributed by atoms with Crippen molar-refractivity contribution < 1.29 is 4.74 Å². The molecule has 0 radical (unpaired) electrons. The molecule has 0 aromatic carbocycles. The van der Waals surface area contributed by atoms with E-state index in [0.717, 1.165) is 32.2 Å². The smallest absolute Gasteiger partial charge is 0.0506 e. The molecule has 1 aliphatic heterocycles. The zero-order valence-corrected chi connectivity index (χ0v) is 10.4. The maximum absolute atomic E-state index is 5.69. The summed E-state index contributed by atoms with van der Waals surface area (Å²) in [6.45, 7) is 8.29. The molecule has 0 saturated carbocycles. The van der Waals surface area contributed by atoms with E-state index in [1.54, 1.807) is 0 Å². The zero-order valence-electron chi connectivity index (χ0n) is 10.4. The highest BCUT2D eigenvalue weighted by molar-refractivity contribution is 4.74. The van der Waals surface area contributed by atoms with E-state index in [1.807, 2.05) is 0 Å². The van der Waals surface area contributed by atoms with Crippen molar-refractivity contribution in [3.63, 3.8) is 0 Å². The lowest BCUT2D eigenvalue weighted by Gasteiger charge is -2.33. The molecular formula is C12H26N2O. The van der Waals surface area contributed by atoms with Gasteiger partial charge in [0, 0.05) is 19.2 Å². The lowest BCUT2D eigenvalue weighted by molar-refractivity contribution is 0.0337. The van der Waals surface area contributed by atoms with Crippen LogP contribution in [0.4, 0.5) is 0 Å². The van der Waals surface area contributed by atoms with Gasteiger partial charge in [0.15, 0.2) is 0 Å². The summed E-state index contributed by atoms with van der Waals surface area (Å²) in [5.41, 5.74) is 5.69. The molecule has 2 N–H and O–H groups in total. The molecule has 3 unspecified atom stereocenters. The van der Waals surface area contributed by atoms with Crippen molar-refractivity contribution in [2.24, 2.45) is 17.6 Å². The Bertz CT molecular complexity index is 169. The summed E-state index contributed by atoms with van der Waals surface area (Å²) in [6, 6.07) is 0.567. The van der Waals surface area contributed by atoms with Crippen molar-refractivity contribution in [1.82, 2.24) is 4.90 Å². The Hall–Kier alpha value is -0.120. The lowest BCUT2D eigenvalue weighted by Crippen LogP contribution is -2.41. The maximum Gasteiger partial charge on any atom is 0.0506 e. The van der Waals surface area contributed by atoms with E-state index >= 15 is 0 Å². The molecule has 3 atom stereocenters. The topological polar surface area (TPSA) is 38.5 Å². The zero-order chi connectivity index (χ0) is 11.3. The van der Waals surface area contributed by atoms with Crippen molar-refractivity contribution in [1.29, 1.82) is 0 Å². The fourth-order valence-corrected chi connectivity index (χ4v) is 2.16. The van der Waals surface area contributed by atoms with Crippen LogP contribution >= 0.6 is 0 Å². The first-order valence-electron chi connectivity index (χ1n) is 6.13. The molecule has 0 spiro atoms. The van der Waals surface area contributed by atoms with Crippen LogP contribution in [-0.2, 0) is 4.74 Å². The monoisotopic (exact) mass is 214 g/mol. The summed E-state index contributed by atoms with van der Waals surface area (Å²) in [5, 5.41) is 0. The van der Waals surface area contributed by atoms with Crippen LogP contribution in [0.2, 0.25) is 0 Å². The fraction of sp³-hybridized carbons (Fsp3) is 1.00. The van der Waals surface area contributed by atoms with Gasteiger partial charge in [-0.3, -0.25) is 0 Å². The largest absolute Gasteiger partial charge is 0.381 e. The second kappa shape index (κ2) is 6.46. The van der Waals surface area contributed by atoms with Crippen LogP contribution < -0.4 is 5.73 Å². The van der Waals surface area contributed by atoms with E-state index in [1.165, 1.54) is 12.8 Å². The summed E-state index contributed by atoms with van der Waals surface area (Å²) in [5.74, 6) is 1.29. The van der Waals surface area contributed by atoms with E-state index in [0.29, 0.717) is 12.0 Å². The molecule has 0 amide bonds. The van der Waals surface area contributed by atoms with Crippen LogP contribution in [0.5, 0.6) is 0 Å². The molecule has 1 heterocycles. The van der Waals surface area contributed by atoms with Crippen molar-refractivity contribution >= 4 is 0 Å². The van der Waals surface area contributed by atoms with Gasteiger partial charge in [0.25, 0.3) is 0 Å². The normalized spacial score (nSPS) is 26.6. The van der Waals surface area contributed by atoms with E-state index in [9.17, 15) is 0 Å². The van der Waals surface area contributed by atoms with Crippen molar-refractivity contribution in [2.45, 2.75) is 32.7 Å². The van der Waals surface area contributed by atoms with Crippen LogP contribution in [0.3, 0.4) is 0 Å². The molecule has 90 valence electrons. The Morgan fingerprint density at radius 2 is 2.20 bits per heavy atom. The molecule has 0 aliphatic carbocycles. The van der Waals surface area contributed by atoms with Gasteiger partial charge in [0.2, 0.25) is 0 Å². The molecule has 0 aromatic heterocycles. The van der Waals surface area contributed by atoms with Crippen molar-refractivity contribution in [3.8, 4) is 0 Å². The SMILES string of the molecule is CC(CN)C(C)N(C)CC1CCCOC1. The summed E-state index contributed by atoms with van der Waals surface area (Å²) in [4.78, 5) is 2.43. The van der Waals surface area contributed by atoms with Crippen molar-refractivity contribution in [2.75, 3.05) is 33.4 Å².